The van der Waals surface area contributed by atoms with Crippen LogP contribution in [0.25, 0.3) is 0 Å². The van der Waals surface area contributed by atoms with E-state index in [9.17, 15) is 9.59 Å². The number of aromatic nitrogens is 5. The molecule has 0 aromatic carbocycles. The fraction of sp³-hybridized carbons (Fsp3) is 0.538. The summed E-state index contributed by atoms with van der Waals surface area (Å²) in [4.78, 5) is 25.1. The van der Waals surface area contributed by atoms with Crippen molar-refractivity contribution in [2.24, 2.45) is 0 Å². The van der Waals surface area contributed by atoms with Crippen molar-refractivity contribution in [2.45, 2.75) is 45.1 Å². The monoisotopic (exact) mass is 290 g/mol. The van der Waals surface area contributed by atoms with E-state index in [0.717, 1.165) is 18.5 Å². The highest BCUT2D eigenvalue weighted by Crippen LogP contribution is 2.22. The van der Waals surface area contributed by atoms with Crippen LogP contribution in [0.15, 0.2) is 4.79 Å². The second-order valence-electron chi connectivity index (χ2n) is 5.24. The first-order valence-electron chi connectivity index (χ1n) is 7.17. The minimum atomic E-state index is -0.373. The third kappa shape index (κ3) is 3.21. The van der Waals surface area contributed by atoms with Gasteiger partial charge in [0.2, 0.25) is 5.91 Å². The number of hydrogen-bond donors (Lipinski definition) is 4. The van der Waals surface area contributed by atoms with Gasteiger partial charge in [0.1, 0.15) is 5.82 Å². The number of fused-ring (bicyclic) bond motifs is 1. The SMILES string of the molecule is O=C(CCc1n[nH]c2c1CCCC2)NCc1n[nH]c(=O)[nH]1. The summed E-state index contributed by atoms with van der Waals surface area (Å²) in [6.45, 7) is 0.218. The van der Waals surface area contributed by atoms with E-state index in [4.69, 9.17) is 0 Å². The summed E-state index contributed by atoms with van der Waals surface area (Å²) < 4.78 is 0. The molecule has 8 heteroatoms. The van der Waals surface area contributed by atoms with E-state index < -0.39 is 0 Å². The molecule has 1 aliphatic carbocycles. The minimum Gasteiger partial charge on any atom is -0.349 e. The first kappa shape index (κ1) is 13.6. The predicted molar refractivity (Wildman–Crippen MR) is 74.6 cm³/mol. The zero-order valence-electron chi connectivity index (χ0n) is 11.7. The summed E-state index contributed by atoms with van der Waals surface area (Å²) in [5.74, 6) is 0.344. The van der Waals surface area contributed by atoms with Crippen LogP contribution >= 0.6 is 0 Å². The highest BCUT2D eigenvalue weighted by molar-refractivity contribution is 5.76. The van der Waals surface area contributed by atoms with Crippen molar-refractivity contribution in [3.05, 3.63) is 33.3 Å². The Hall–Kier alpha value is -2.38. The Labute approximate surface area is 120 Å². The lowest BCUT2D eigenvalue weighted by Crippen LogP contribution is -2.24. The lowest BCUT2D eigenvalue weighted by molar-refractivity contribution is -0.121. The van der Waals surface area contributed by atoms with E-state index in [1.807, 2.05) is 0 Å². The molecule has 0 fully saturated rings. The third-order valence-electron chi connectivity index (χ3n) is 3.73. The second kappa shape index (κ2) is 5.94. The second-order valence-corrected chi connectivity index (χ2v) is 5.24. The fourth-order valence-corrected chi connectivity index (χ4v) is 2.65. The molecule has 0 unspecified atom stereocenters. The van der Waals surface area contributed by atoms with Gasteiger partial charge >= 0.3 is 5.69 Å². The summed E-state index contributed by atoms with van der Waals surface area (Å²) >= 11 is 0. The highest BCUT2D eigenvalue weighted by Gasteiger charge is 2.17. The summed E-state index contributed by atoms with van der Waals surface area (Å²) in [6, 6.07) is 0. The van der Waals surface area contributed by atoms with Gasteiger partial charge in [0.25, 0.3) is 0 Å². The third-order valence-corrected chi connectivity index (χ3v) is 3.73. The number of H-pyrrole nitrogens is 3. The quantitative estimate of drug-likeness (QED) is 0.617. The first-order valence-corrected chi connectivity index (χ1v) is 7.17. The van der Waals surface area contributed by atoms with Crippen molar-refractivity contribution < 1.29 is 4.79 Å². The molecule has 1 aliphatic rings. The molecule has 0 bridgehead atoms. The maximum absolute atomic E-state index is 11.8. The van der Waals surface area contributed by atoms with Crippen LogP contribution in [-0.4, -0.2) is 31.3 Å². The van der Waals surface area contributed by atoms with Crippen LogP contribution in [0.5, 0.6) is 0 Å². The average Bonchev–Trinajstić information content (AvgIpc) is 3.09. The summed E-state index contributed by atoms with van der Waals surface area (Å²) in [7, 11) is 0. The maximum Gasteiger partial charge on any atom is 0.340 e. The molecule has 0 spiro atoms. The Kier molecular flexibility index (Phi) is 3.85. The van der Waals surface area contributed by atoms with Crippen LogP contribution in [0.2, 0.25) is 0 Å². The van der Waals surface area contributed by atoms with Crippen LogP contribution in [0.3, 0.4) is 0 Å². The Balaban J connectivity index is 1.49. The Bertz CT molecular complexity index is 683. The van der Waals surface area contributed by atoms with Crippen molar-refractivity contribution in [2.75, 3.05) is 0 Å². The molecule has 2 aromatic rings. The fourth-order valence-electron chi connectivity index (χ4n) is 2.65. The zero-order chi connectivity index (χ0) is 14.7. The van der Waals surface area contributed by atoms with E-state index in [2.05, 4.69) is 30.7 Å². The molecule has 1 amide bonds. The van der Waals surface area contributed by atoms with Crippen molar-refractivity contribution in [3.8, 4) is 0 Å². The number of hydrogen-bond acceptors (Lipinski definition) is 4. The lowest BCUT2D eigenvalue weighted by Gasteiger charge is -2.11. The van der Waals surface area contributed by atoms with Crippen molar-refractivity contribution in [1.82, 2.24) is 30.7 Å². The number of rotatable bonds is 5. The molecule has 2 aromatic heterocycles. The van der Waals surface area contributed by atoms with Crippen molar-refractivity contribution >= 4 is 5.91 Å². The Morgan fingerprint density at radius 1 is 1.19 bits per heavy atom. The first-order chi connectivity index (χ1) is 10.2. The smallest absolute Gasteiger partial charge is 0.340 e. The van der Waals surface area contributed by atoms with Crippen LogP contribution in [-0.2, 0) is 30.6 Å². The van der Waals surface area contributed by atoms with Crippen LogP contribution < -0.4 is 11.0 Å². The van der Waals surface area contributed by atoms with Gasteiger partial charge in [0.15, 0.2) is 0 Å². The predicted octanol–water partition coefficient (Wildman–Crippen LogP) is -0.0511. The van der Waals surface area contributed by atoms with Gasteiger partial charge in [-0.3, -0.25) is 14.9 Å². The molecule has 0 atom stereocenters. The molecule has 21 heavy (non-hydrogen) atoms. The number of amides is 1. The van der Waals surface area contributed by atoms with E-state index in [-0.39, 0.29) is 18.1 Å². The van der Waals surface area contributed by atoms with Gasteiger partial charge in [0.05, 0.1) is 12.2 Å². The van der Waals surface area contributed by atoms with Gasteiger partial charge in [-0.2, -0.15) is 10.2 Å². The molecule has 112 valence electrons. The molecular formula is C13H18N6O2. The molecule has 0 radical (unpaired) electrons. The van der Waals surface area contributed by atoms with Gasteiger partial charge in [0, 0.05) is 18.5 Å². The van der Waals surface area contributed by atoms with E-state index >= 15 is 0 Å². The number of nitrogens with one attached hydrogen (secondary N) is 4. The Morgan fingerprint density at radius 3 is 2.86 bits per heavy atom. The molecular weight excluding hydrogens is 272 g/mol. The molecule has 8 nitrogen and oxygen atoms in total. The van der Waals surface area contributed by atoms with Crippen LogP contribution in [0.4, 0.5) is 0 Å². The van der Waals surface area contributed by atoms with Crippen molar-refractivity contribution in [3.63, 3.8) is 0 Å². The number of nitrogens with zero attached hydrogens (tertiary/aromatic N) is 2. The number of carbonyl (C=O) groups excluding carboxylic acids is 1. The molecule has 4 N–H and O–H groups in total. The normalized spacial score (nSPS) is 13.9. The lowest BCUT2D eigenvalue weighted by atomic mass is 9.95. The van der Waals surface area contributed by atoms with Gasteiger partial charge in [-0.25, -0.2) is 9.89 Å². The van der Waals surface area contributed by atoms with Gasteiger partial charge < -0.3 is 5.32 Å². The molecule has 0 aliphatic heterocycles. The average molecular weight is 290 g/mol. The van der Waals surface area contributed by atoms with Crippen LogP contribution in [0, 0.1) is 0 Å². The number of aromatic amines is 3. The van der Waals surface area contributed by atoms with Gasteiger partial charge in [-0.15, -0.1) is 0 Å². The number of carbonyl (C=O) groups is 1. The van der Waals surface area contributed by atoms with E-state index in [1.165, 1.54) is 24.1 Å². The highest BCUT2D eigenvalue weighted by atomic mass is 16.2. The molecule has 0 saturated carbocycles. The molecule has 2 heterocycles. The summed E-state index contributed by atoms with van der Waals surface area (Å²) in [6.07, 6.45) is 5.52. The van der Waals surface area contributed by atoms with Crippen LogP contribution in [0.1, 0.15) is 42.0 Å². The maximum atomic E-state index is 11.8. The minimum absolute atomic E-state index is 0.0774. The van der Waals surface area contributed by atoms with Crippen molar-refractivity contribution in [1.29, 1.82) is 0 Å². The van der Waals surface area contributed by atoms with Gasteiger partial charge in [-0.05, 0) is 31.2 Å². The summed E-state index contributed by atoms with van der Waals surface area (Å²) in [5.41, 5.74) is 3.16. The largest absolute Gasteiger partial charge is 0.349 e. The number of aryl methyl sites for hydroxylation is 2. The van der Waals surface area contributed by atoms with E-state index in [1.54, 1.807) is 0 Å². The standard InChI is InChI=1S/C13H18N6O2/c20-12(14-7-11-15-13(21)19-18-11)6-5-10-8-3-1-2-4-9(8)16-17-10/h1-7H2,(H,14,20)(H,16,17)(H2,15,18,19,21). The molecule has 3 rings (SSSR count). The Morgan fingerprint density at radius 2 is 2.05 bits per heavy atom. The van der Waals surface area contributed by atoms with Gasteiger partial charge in [-0.1, -0.05) is 0 Å². The molecule has 0 saturated heterocycles. The summed E-state index contributed by atoms with van der Waals surface area (Å²) in [5, 5.41) is 16.1. The van der Waals surface area contributed by atoms with E-state index in [0.29, 0.717) is 18.7 Å². The zero-order valence-corrected chi connectivity index (χ0v) is 11.7. The topological polar surface area (TPSA) is 119 Å².